The third kappa shape index (κ3) is 8.92. The molecule has 2 fully saturated rings. The van der Waals surface area contributed by atoms with E-state index in [1.54, 1.807) is 0 Å². The van der Waals surface area contributed by atoms with Crippen LogP contribution in [0.2, 0.25) is 0 Å². The molecule has 0 bridgehead atoms. The second-order valence-corrected chi connectivity index (χ2v) is 11.0. The first kappa shape index (κ1) is 34.1. The normalized spacial score (nSPS) is 14.1. The van der Waals surface area contributed by atoms with Gasteiger partial charge in [-0.1, -0.05) is 38.8 Å². The first-order valence-electron chi connectivity index (χ1n) is 13.7. The lowest BCUT2D eigenvalue weighted by Crippen LogP contribution is -2.17. The average molecular weight is 683 g/mol. The van der Waals surface area contributed by atoms with E-state index in [0.29, 0.717) is 29.4 Å². The Morgan fingerprint density at radius 1 is 0.707 bits per heavy atom. The van der Waals surface area contributed by atoms with E-state index in [9.17, 15) is 24.3 Å². The van der Waals surface area contributed by atoms with Gasteiger partial charge in [-0.15, -0.1) is 0 Å². The molecule has 4 rings (SSSR count). The molecular weight excluding hydrogens is 643 g/mol. The lowest BCUT2D eigenvalue weighted by Gasteiger charge is -2.28. The van der Waals surface area contributed by atoms with E-state index in [-0.39, 0.29) is 5.56 Å². The van der Waals surface area contributed by atoms with Gasteiger partial charge < -0.3 is 24.4 Å². The van der Waals surface area contributed by atoms with Crippen LogP contribution >= 0.6 is 22.6 Å². The molecule has 0 saturated heterocycles. The lowest BCUT2D eigenvalue weighted by atomic mass is 9.77. The minimum absolute atomic E-state index is 0.200. The van der Waals surface area contributed by atoms with Crippen LogP contribution in [0.4, 0.5) is 4.79 Å². The Morgan fingerprint density at radius 3 is 1.49 bits per heavy atom. The lowest BCUT2D eigenvalue weighted by molar-refractivity contribution is 0.0597. The van der Waals surface area contributed by atoms with Gasteiger partial charge >= 0.3 is 24.1 Å². The fraction of sp³-hybridized carbons (Fsp3) is 0.484. The summed E-state index contributed by atoms with van der Waals surface area (Å²) in [7, 11) is 3.83. The summed E-state index contributed by atoms with van der Waals surface area (Å²) in [6, 6.07) is 7.28. The maximum absolute atomic E-state index is 11.8. The first-order valence-corrected chi connectivity index (χ1v) is 14.8. The van der Waals surface area contributed by atoms with Crippen molar-refractivity contribution in [2.75, 3.05) is 21.3 Å². The van der Waals surface area contributed by atoms with E-state index >= 15 is 0 Å². The largest absolute Gasteiger partial charge is 0.507 e. The second-order valence-electron chi connectivity index (χ2n) is 9.85. The molecule has 10 heteroatoms. The summed E-state index contributed by atoms with van der Waals surface area (Å²) in [6.45, 7) is 3.93. The molecule has 0 aromatic heterocycles. The van der Waals surface area contributed by atoms with Crippen LogP contribution in [0.15, 0.2) is 24.3 Å². The van der Waals surface area contributed by atoms with E-state index in [0.717, 1.165) is 45.9 Å². The summed E-state index contributed by atoms with van der Waals surface area (Å²) in [6.07, 6.45) is 7.86. The van der Waals surface area contributed by atoms with Gasteiger partial charge in [0.1, 0.15) is 0 Å². The highest BCUT2D eigenvalue weighted by Crippen LogP contribution is 2.40. The third-order valence-electron chi connectivity index (χ3n) is 7.55. The van der Waals surface area contributed by atoms with Crippen LogP contribution in [-0.2, 0) is 27.1 Å². The zero-order valence-electron chi connectivity index (χ0n) is 24.3. The number of aryl methyl sites for hydroxylation is 2. The van der Waals surface area contributed by atoms with Crippen molar-refractivity contribution < 1.29 is 43.6 Å². The minimum Gasteiger partial charge on any atom is -0.478 e. The van der Waals surface area contributed by atoms with Crippen molar-refractivity contribution in [2.24, 2.45) is 0 Å². The van der Waals surface area contributed by atoms with Crippen molar-refractivity contribution in [2.45, 2.75) is 77.0 Å². The quantitative estimate of drug-likeness (QED) is 0.229. The average Bonchev–Trinajstić information content (AvgIpc) is 2.91. The van der Waals surface area contributed by atoms with Gasteiger partial charge in [0, 0.05) is 3.57 Å². The number of aromatic carboxylic acids is 2. The third-order valence-corrected chi connectivity index (χ3v) is 8.48. The predicted molar refractivity (Wildman–Crippen MR) is 162 cm³/mol. The summed E-state index contributed by atoms with van der Waals surface area (Å²) >= 11 is 2.26. The molecule has 2 aromatic rings. The van der Waals surface area contributed by atoms with Crippen molar-refractivity contribution in [3.05, 3.63) is 66.8 Å². The van der Waals surface area contributed by atoms with E-state index in [1.165, 1.54) is 52.2 Å². The second kappa shape index (κ2) is 16.3. The number of halogens is 1. The number of carboxylic acids is 2. The van der Waals surface area contributed by atoms with Gasteiger partial charge in [0.25, 0.3) is 0 Å². The van der Waals surface area contributed by atoms with Gasteiger partial charge in [0.05, 0.1) is 38.0 Å². The highest BCUT2D eigenvalue weighted by molar-refractivity contribution is 14.1. The molecule has 0 unspecified atom stereocenters. The highest BCUT2D eigenvalue weighted by atomic mass is 127. The van der Waals surface area contributed by atoms with Gasteiger partial charge in [0.15, 0.2) is 0 Å². The SMILES string of the molecule is CCc1cc(C2CCC2)c(C(=O)OC)cc1C(=O)O.CCc1cc(C2CCC2)c(I)cc1C(=O)O.COC(=O)OC. The van der Waals surface area contributed by atoms with Crippen molar-refractivity contribution in [1.29, 1.82) is 0 Å². The number of ether oxygens (including phenoxy) is 3. The fourth-order valence-corrected chi connectivity index (χ4v) is 5.65. The molecule has 0 amide bonds. The Labute approximate surface area is 254 Å². The summed E-state index contributed by atoms with van der Waals surface area (Å²) in [5, 5.41) is 18.3. The molecule has 2 aliphatic rings. The van der Waals surface area contributed by atoms with Crippen molar-refractivity contribution >= 4 is 46.7 Å². The summed E-state index contributed by atoms with van der Waals surface area (Å²) in [5.41, 5.74) is 5.12. The molecule has 9 nitrogen and oxygen atoms in total. The number of carboxylic acid groups (broad SMARTS) is 2. The van der Waals surface area contributed by atoms with Crippen LogP contribution in [0.5, 0.6) is 0 Å². The molecule has 0 atom stereocenters. The molecule has 0 aliphatic heterocycles. The molecule has 224 valence electrons. The number of methoxy groups -OCH3 is 3. The minimum atomic E-state index is -0.998. The van der Waals surface area contributed by atoms with E-state index in [4.69, 9.17) is 9.84 Å². The molecule has 2 aromatic carbocycles. The van der Waals surface area contributed by atoms with Crippen molar-refractivity contribution in [3.63, 3.8) is 0 Å². The number of benzene rings is 2. The smallest absolute Gasteiger partial charge is 0.478 e. The maximum Gasteiger partial charge on any atom is 0.507 e. The van der Waals surface area contributed by atoms with Gasteiger partial charge in [-0.05, 0) is 107 Å². The number of rotatable bonds is 7. The molecule has 0 spiro atoms. The maximum atomic E-state index is 11.8. The van der Waals surface area contributed by atoms with Gasteiger partial charge in [-0.3, -0.25) is 0 Å². The Kier molecular flexibility index (Phi) is 13.6. The molecule has 2 N–H and O–H groups in total. The van der Waals surface area contributed by atoms with Crippen LogP contribution in [0, 0.1) is 3.57 Å². The molecule has 41 heavy (non-hydrogen) atoms. The fourth-order valence-electron chi connectivity index (χ4n) is 4.74. The van der Waals surface area contributed by atoms with E-state index < -0.39 is 24.1 Å². The van der Waals surface area contributed by atoms with Crippen LogP contribution in [-0.4, -0.2) is 55.6 Å². The van der Waals surface area contributed by atoms with Crippen molar-refractivity contribution in [1.82, 2.24) is 0 Å². The summed E-state index contributed by atoms with van der Waals surface area (Å²) in [4.78, 5) is 43.9. The number of hydrogen-bond acceptors (Lipinski definition) is 7. The Balaban J connectivity index is 0.000000242. The van der Waals surface area contributed by atoms with Crippen LogP contribution in [0.3, 0.4) is 0 Å². The first-order chi connectivity index (χ1) is 19.5. The number of hydrogen-bond donors (Lipinski definition) is 2. The Bertz CT molecular complexity index is 1240. The molecule has 2 saturated carbocycles. The zero-order valence-corrected chi connectivity index (χ0v) is 26.4. The predicted octanol–water partition coefficient (Wildman–Crippen LogP) is 7.22. The number of esters is 1. The van der Waals surface area contributed by atoms with Crippen molar-refractivity contribution in [3.8, 4) is 0 Å². The van der Waals surface area contributed by atoms with Gasteiger partial charge in [-0.25, -0.2) is 19.2 Å². The summed E-state index contributed by atoms with van der Waals surface area (Å²) < 4.78 is 14.0. The van der Waals surface area contributed by atoms with E-state index in [1.807, 2.05) is 26.0 Å². The van der Waals surface area contributed by atoms with Crippen LogP contribution in [0.1, 0.15) is 118 Å². The van der Waals surface area contributed by atoms with Crippen LogP contribution < -0.4 is 0 Å². The monoisotopic (exact) mass is 682 g/mol. The van der Waals surface area contributed by atoms with Gasteiger partial charge in [0.2, 0.25) is 0 Å². The zero-order chi connectivity index (χ0) is 30.7. The Morgan fingerprint density at radius 2 is 1.15 bits per heavy atom. The number of carbonyl (C=O) groups is 4. The highest BCUT2D eigenvalue weighted by Gasteiger charge is 2.27. The topological polar surface area (TPSA) is 136 Å². The molecular formula is C31H39IO9. The number of carbonyl (C=O) groups excluding carboxylic acids is 2. The van der Waals surface area contributed by atoms with Gasteiger partial charge in [-0.2, -0.15) is 0 Å². The molecule has 2 aliphatic carbocycles. The molecule has 0 heterocycles. The van der Waals surface area contributed by atoms with Crippen LogP contribution in [0.25, 0.3) is 0 Å². The Hall–Kier alpha value is -3.15. The standard InChI is InChI=1S/C15H18O4.C13H15IO2.C3H6O3/c1-3-9-7-11(10-5-4-6-10)13(15(18)19-2)8-12(9)14(16)17;1-2-8-6-10(9-4-3-5-9)12(14)7-11(8)13(15)16;1-5-3(4)6-2/h7-8,10H,3-6H2,1-2H3,(H,16,17);6-7,9H,2-5H2,1H3,(H,15,16);1-2H3. The van der Waals surface area contributed by atoms with E-state index in [2.05, 4.69) is 38.1 Å². The molecule has 0 radical (unpaired) electrons. The summed E-state index contributed by atoms with van der Waals surface area (Å²) in [5.74, 6) is -1.23.